The molecule has 0 bridgehead atoms. The summed E-state index contributed by atoms with van der Waals surface area (Å²) in [5.41, 5.74) is 0.322. The van der Waals surface area contributed by atoms with E-state index in [0.717, 1.165) is 0 Å². The van der Waals surface area contributed by atoms with Crippen LogP contribution in [0.4, 0.5) is 4.39 Å². The van der Waals surface area contributed by atoms with Gasteiger partial charge in [-0.3, -0.25) is 0 Å². The molecule has 5 heteroatoms. The first kappa shape index (κ1) is 12.2. The maximum atomic E-state index is 13.3. The predicted molar refractivity (Wildman–Crippen MR) is 56.8 cm³/mol. The predicted octanol–water partition coefficient (Wildman–Crippen LogP) is 1.74. The maximum absolute atomic E-state index is 13.3. The Morgan fingerprint density at radius 1 is 1.60 bits per heavy atom. The molecule has 0 saturated carbocycles. The van der Waals surface area contributed by atoms with Crippen LogP contribution in [0.3, 0.4) is 0 Å². The first-order valence-corrected chi connectivity index (χ1v) is 4.83. The minimum absolute atomic E-state index is 0.0708. The fraction of sp³-hybridized carbons (Fsp3) is 0.400. The first-order valence-electron chi connectivity index (χ1n) is 4.45. The summed E-state index contributed by atoms with van der Waals surface area (Å²) in [6.45, 7) is 0.298. The molecule has 2 N–H and O–H groups in total. The summed E-state index contributed by atoms with van der Waals surface area (Å²) < 4.78 is 18.2. The Labute approximate surface area is 92.8 Å². The second-order valence-electron chi connectivity index (χ2n) is 3.09. The summed E-state index contributed by atoms with van der Waals surface area (Å²) in [4.78, 5) is 0. The molecular formula is C10H13ClFNO2. The van der Waals surface area contributed by atoms with Crippen LogP contribution in [0.2, 0.25) is 5.02 Å². The molecule has 0 spiro atoms. The number of aliphatic hydroxyl groups excluding tert-OH is 1. The van der Waals surface area contributed by atoms with Gasteiger partial charge in [0, 0.05) is 18.2 Å². The van der Waals surface area contributed by atoms with Crippen LogP contribution >= 0.6 is 11.6 Å². The lowest BCUT2D eigenvalue weighted by Crippen LogP contribution is -2.17. The van der Waals surface area contributed by atoms with Crippen LogP contribution in [0, 0.1) is 5.82 Å². The quantitative estimate of drug-likeness (QED) is 0.833. The molecule has 1 rings (SSSR count). The van der Waals surface area contributed by atoms with Crippen molar-refractivity contribution in [1.29, 1.82) is 0 Å². The first-order chi connectivity index (χ1) is 7.10. The van der Waals surface area contributed by atoms with Crippen molar-refractivity contribution in [3.63, 3.8) is 0 Å². The molecule has 1 atom stereocenters. The smallest absolute Gasteiger partial charge is 0.145 e. The third kappa shape index (κ3) is 2.81. The lowest BCUT2D eigenvalue weighted by atomic mass is 10.1. The van der Waals surface area contributed by atoms with E-state index < -0.39 is 11.9 Å². The highest BCUT2D eigenvalue weighted by atomic mass is 35.5. The molecule has 0 aliphatic carbocycles. The molecule has 1 unspecified atom stereocenters. The summed E-state index contributed by atoms with van der Waals surface area (Å²) in [7, 11) is 3.12. The number of hydrogen-bond acceptors (Lipinski definition) is 3. The van der Waals surface area contributed by atoms with Gasteiger partial charge in [0.15, 0.2) is 0 Å². The number of likely N-dealkylation sites (N-methyl/N-ethyl adjacent to an activating group) is 1. The van der Waals surface area contributed by atoms with Gasteiger partial charge in [-0.1, -0.05) is 11.6 Å². The van der Waals surface area contributed by atoms with Crippen LogP contribution < -0.4 is 10.1 Å². The molecule has 0 fully saturated rings. The van der Waals surface area contributed by atoms with E-state index in [1.165, 1.54) is 19.2 Å². The van der Waals surface area contributed by atoms with Gasteiger partial charge >= 0.3 is 0 Å². The zero-order valence-electron chi connectivity index (χ0n) is 8.55. The highest BCUT2D eigenvalue weighted by Gasteiger charge is 2.15. The van der Waals surface area contributed by atoms with Gasteiger partial charge in [-0.25, -0.2) is 4.39 Å². The van der Waals surface area contributed by atoms with Gasteiger partial charge in [0.25, 0.3) is 0 Å². The SMILES string of the molecule is CNCC(O)c1cc(OC)cc(F)c1Cl. The van der Waals surface area contributed by atoms with Crippen LogP contribution in [0.5, 0.6) is 5.75 Å². The molecule has 84 valence electrons. The molecule has 0 saturated heterocycles. The standard InChI is InChI=1S/C10H13ClFNO2/c1-13-5-9(14)7-3-6(15-2)4-8(12)10(7)11/h3-4,9,13-14H,5H2,1-2H3. The summed E-state index contributed by atoms with van der Waals surface area (Å²) >= 11 is 5.73. The number of aliphatic hydroxyl groups is 1. The molecule has 0 aliphatic heterocycles. The van der Waals surface area contributed by atoms with Gasteiger partial charge in [0.1, 0.15) is 11.6 Å². The largest absolute Gasteiger partial charge is 0.497 e. The van der Waals surface area contributed by atoms with Gasteiger partial charge in [-0.2, -0.15) is 0 Å². The van der Waals surface area contributed by atoms with E-state index in [9.17, 15) is 9.50 Å². The molecular weight excluding hydrogens is 221 g/mol. The summed E-state index contributed by atoms with van der Waals surface area (Å²) in [6.07, 6.45) is -0.855. The highest BCUT2D eigenvalue weighted by molar-refractivity contribution is 6.31. The maximum Gasteiger partial charge on any atom is 0.145 e. The van der Waals surface area contributed by atoms with Crippen LogP contribution in [0.15, 0.2) is 12.1 Å². The van der Waals surface area contributed by atoms with Crippen molar-refractivity contribution in [3.05, 3.63) is 28.5 Å². The molecule has 0 amide bonds. The second kappa shape index (κ2) is 5.30. The van der Waals surface area contributed by atoms with Gasteiger partial charge in [-0.05, 0) is 13.1 Å². The van der Waals surface area contributed by atoms with Gasteiger partial charge < -0.3 is 15.2 Å². The van der Waals surface area contributed by atoms with E-state index in [0.29, 0.717) is 17.9 Å². The van der Waals surface area contributed by atoms with E-state index in [1.54, 1.807) is 7.05 Å². The lowest BCUT2D eigenvalue weighted by molar-refractivity contribution is 0.177. The van der Waals surface area contributed by atoms with Crippen LogP contribution in [-0.2, 0) is 0 Å². The van der Waals surface area contributed by atoms with Crippen LogP contribution in [-0.4, -0.2) is 25.8 Å². The van der Waals surface area contributed by atoms with Gasteiger partial charge in [-0.15, -0.1) is 0 Å². The second-order valence-corrected chi connectivity index (χ2v) is 3.46. The number of ether oxygens (including phenoxy) is 1. The fourth-order valence-electron chi connectivity index (χ4n) is 1.25. The molecule has 0 radical (unpaired) electrons. The summed E-state index contributed by atoms with van der Waals surface area (Å²) in [6, 6.07) is 2.70. The molecule has 3 nitrogen and oxygen atoms in total. The van der Waals surface area contributed by atoms with Gasteiger partial charge in [0.05, 0.1) is 18.2 Å². The molecule has 1 aromatic rings. The number of nitrogens with one attached hydrogen (secondary N) is 1. The van der Waals surface area contributed by atoms with Crippen molar-refractivity contribution in [2.24, 2.45) is 0 Å². The zero-order chi connectivity index (χ0) is 11.4. The Hall–Kier alpha value is -0.840. The van der Waals surface area contributed by atoms with E-state index in [2.05, 4.69) is 5.32 Å². The average Bonchev–Trinajstić information content (AvgIpc) is 2.22. The Bertz CT molecular complexity index is 346. The number of hydrogen-bond donors (Lipinski definition) is 2. The Morgan fingerprint density at radius 3 is 2.80 bits per heavy atom. The zero-order valence-corrected chi connectivity index (χ0v) is 9.31. The third-order valence-corrected chi connectivity index (χ3v) is 2.42. The summed E-state index contributed by atoms with van der Waals surface area (Å²) in [5, 5.41) is 12.4. The van der Waals surface area contributed by atoms with Crippen molar-refractivity contribution >= 4 is 11.6 Å². The van der Waals surface area contributed by atoms with Crippen molar-refractivity contribution in [2.75, 3.05) is 20.7 Å². The topological polar surface area (TPSA) is 41.5 Å². The normalized spacial score (nSPS) is 12.6. The Morgan fingerprint density at radius 2 is 2.27 bits per heavy atom. The van der Waals surface area contributed by atoms with E-state index in [1.807, 2.05) is 0 Å². The number of methoxy groups -OCH3 is 1. The molecule has 1 aromatic carbocycles. The minimum atomic E-state index is -0.855. The Balaban J connectivity index is 3.09. The number of halogens is 2. The molecule has 15 heavy (non-hydrogen) atoms. The number of rotatable bonds is 4. The van der Waals surface area contributed by atoms with Crippen molar-refractivity contribution in [2.45, 2.75) is 6.10 Å². The van der Waals surface area contributed by atoms with Crippen molar-refractivity contribution < 1.29 is 14.2 Å². The van der Waals surface area contributed by atoms with E-state index >= 15 is 0 Å². The molecule has 0 heterocycles. The molecule has 0 aromatic heterocycles. The monoisotopic (exact) mass is 233 g/mol. The van der Waals surface area contributed by atoms with Crippen LogP contribution in [0.25, 0.3) is 0 Å². The summed E-state index contributed by atoms with van der Waals surface area (Å²) in [5.74, 6) is -0.261. The number of benzene rings is 1. The van der Waals surface area contributed by atoms with Crippen molar-refractivity contribution in [1.82, 2.24) is 5.32 Å². The third-order valence-electron chi connectivity index (χ3n) is 2.02. The molecule has 0 aliphatic rings. The van der Waals surface area contributed by atoms with Crippen LogP contribution in [0.1, 0.15) is 11.7 Å². The van der Waals surface area contributed by atoms with E-state index in [4.69, 9.17) is 16.3 Å². The Kier molecular flexibility index (Phi) is 4.32. The van der Waals surface area contributed by atoms with Gasteiger partial charge in [0.2, 0.25) is 0 Å². The minimum Gasteiger partial charge on any atom is -0.497 e. The van der Waals surface area contributed by atoms with E-state index in [-0.39, 0.29) is 5.02 Å². The highest BCUT2D eigenvalue weighted by Crippen LogP contribution is 2.30. The lowest BCUT2D eigenvalue weighted by Gasteiger charge is -2.14. The average molecular weight is 234 g/mol. The fourth-order valence-corrected chi connectivity index (χ4v) is 1.48. The van der Waals surface area contributed by atoms with Crippen molar-refractivity contribution in [3.8, 4) is 5.75 Å².